The lowest BCUT2D eigenvalue weighted by Crippen LogP contribution is -2.35. The molecule has 1 aromatic rings. The van der Waals surface area contributed by atoms with Crippen molar-refractivity contribution in [1.82, 2.24) is 4.90 Å². The van der Waals surface area contributed by atoms with E-state index in [4.69, 9.17) is 11.6 Å². The Bertz CT molecular complexity index is 437. The van der Waals surface area contributed by atoms with Crippen LogP contribution < -0.4 is 0 Å². The maximum Gasteiger partial charge on any atom is 0.253 e. The molecule has 0 radical (unpaired) electrons. The summed E-state index contributed by atoms with van der Waals surface area (Å²) in [6.07, 6.45) is 1.73. The van der Waals surface area contributed by atoms with Crippen molar-refractivity contribution < 1.29 is 9.90 Å². The number of halogens is 1. The summed E-state index contributed by atoms with van der Waals surface area (Å²) in [5, 5.41) is 10.4. The van der Waals surface area contributed by atoms with E-state index < -0.39 is 6.10 Å². The fourth-order valence-electron chi connectivity index (χ4n) is 2.07. The van der Waals surface area contributed by atoms with Crippen molar-refractivity contribution in [3.8, 4) is 0 Å². The van der Waals surface area contributed by atoms with E-state index >= 15 is 0 Å². The molecule has 98 valence electrons. The third-order valence-corrected chi connectivity index (χ3v) is 3.48. The van der Waals surface area contributed by atoms with Crippen molar-refractivity contribution >= 4 is 17.5 Å². The summed E-state index contributed by atoms with van der Waals surface area (Å²) in [6.45, 7) is 2.29. The first-order chi connectivity index (χ1) is 8.47. The van der Waals surface area contributed by atoms with E-state index in [-0.39, 0.29) is 5.91 Å². The van der Waals surface area contributed by atoms with Crippen molar-refractivity contribution in [3.63, 3.8) is 0 Å². The second-order valence-electron chi connectivity index (χ2n) is 5.11. The van der Waals surface area contributed by atoms with Crippen LogP contribution in [0.25, 0.3) is 0 Å². The summed E-state index contributed by atoms with van der Waals surface area (Å²) in [4.78, 5) is 13.7. The normalized spacial score (nSPS) is 16.4. The first-order valence-electron chi connectivity index (χ1n) is 6.18. The predicted octanol–water partition coefficient (Wildman–Crippen LogP) is 2.49. The molecule has 1 N–H and O–H groups in total. The van der Waals surface area contributed by atoms with Crippen molar-refractivity contribution in [2.75, 3.05) is 13.6 Å². The van der Waals surface area contributed by atoms with Crippen LogP contribution in [-0.2, 0) is 0 Å². The third-order valence-electron chi connectivity index (χ3n) is 3.26. The molecule has 1 atom stereocenters. The van der Waals surface area contributed by atoms with Crippen molar-refractivity contribution in [1.29, 1.82) is 0 Å². The SMILES string of the molecule is Cc1cc(Cl)cc(C(=O)N(C)CC(O)C2CC2)c1. The molecule has 1 saturated carbocycles. The molecule has 1 aliphatic rings. The number of aliphatic hydroxyl groups excluding tert-OH is 1. The zero-order valence-electron chi connectivity index (χ0n) is 10.7. The van der Waals surface area contributed by atoms with Crippen LogP contribution in [0.5, 0.6) is 0 Å². The smallest absolute Gasteiger partial charge is 0.253 e. The average Bonchev–Trinajstić information content (AvgIpc) is 3.10. The molecule has 4 heteroatoms. The number of hydrogen-bond donors (Lipinski definition) is 1. The summed E-state index contributed by atoms with van der Waals surface area (Å²) < 4.78 is 0. The number of aliphatic hydroxyl groups is 1. The molecule has 1 fully saturated rings. The van der Waals surface area contributed by atoms with Crippen LogP contribution in [0, 0.1) is 12.8 Å². The summed E-state index contributed by atoms with van der Waals surface area (Å²) in [7, 11) is 1.71. The molecule has 1 amide bonds. The predicted molar refractivity (Wildman–Crippen MR) is 71.9 cm³/mol. The number of carbonyl (C=O) groups excluding carboxylic acids is 1. The van der Waals surface area contributed by atoms with E-state index in [9.17, 15) is 9.90 Å². The van der Waals surface area contributed by atoms with Gasteiger partial charge in [0.05, 0.1) is 6.10 Å². The van der Waals surface area contributed by atoms with E-state index in [1.54, 1.807) is 18.0 Å². The first kappa shape index (κ1) is 13.4. The lowest BCUT2D eigenvalue weighted by Gasteiger charge is -2.21. The Balaban J connectivity index is 2.04. The highest BCUT2D eigenvalue weighted by Crippen LogP contribution is 2.32. The van der Waals surface area contributed by atoms with Crippen LogP contribution in [0.1, 0.15) is 28.8 Å². The molecule has 0 heterocycles. The van der Waals surface area contributed by atoms with Crippen molar-refractivity contribution in [3.05, 3.63) is 34.3 Å². The van der Waals surface area contributed by atoms with Crippen molar-refractivity contribution in [2.45, 2.75) is 25.9 Å². The molecule has 0 saturated heterocycles. The van der Waals surface area contributed by atoms with Crippen LogP contribution in [-0.4, -0.2) is 35.6 Å². The van der Waals surface area contributed by atoms with E-state index in [1.165, 1.54) is 0 Å². The van der Waals surface area contributed by atoms with Gasteiger partial charge in [-0.3, -0.25) is 4.79 Å². The quantitative estimate of drug-likeness (QED) is 0.911. The molecule has 0 aliphatic heterocycles. The van der Waals surface area contributed by atoms with Crippen LogP contribution in [0.15, 0.2) is 18.2 Å². The van der Waals surface area contributed by atoms with Gasteiger partial charge in [-0.1, -0.05) is 11.6 Å². The zero-order valence-corrected chi connectivity index (χ0v) is 11.4. The highest BCUT2D eigenvalue weighted by molar-refractivity contribution is 6.31. The maximum atomic E-state index is 12.2. The monoisotopic (exact) mass is 267 g/mol. The first-order valence-corrected chi connectivity index (χ1v) is 6.56. The van der Waals surface area contributed by atoms with Gasteiger partial charge in [0.25, 0.3) is 5.91 Å². The molecule has 18 heavy (non-hydrogen) atoms. The molecule has 3 nitrogen and oxygen atoms in total. The van der Waals surface area contributed by atoms with Crippen LogP contribution >= 0.6 is 11.6 Å². The summed E-state index contributed by atoms with van der Waals surface area (Å²) in [5.74, 6) is 0.279. The summed E-state index contributed by atoms with van der Waals surface area (Å²) >= 11 is 5.94. The van der Waals surface area contributed by atoms with Gasteiger partial charge in [0.2, 0.25) is 0 Å². The molecule has 0 spiro atoms. The number of amides is 1. The Hall–Kier alpha value is -1.06. The Morgan fingerprint density at radius 3 is 2.72 bits per heavy atom. The van der Waals surface area contributed by atoms with E-state index in [0.29, 0.717) is 23.0 Å². The van der Waals surface area contributed by atoms with Crippen LogP contribution in [0.3, 0.4) is 0 Å². The maximum absolute atomic E-state index is 12.2. The van der Waals surface area contributed by atoms with Gasteiger partial charge in [-0.25, -0.2) is 0 Å². The number of carbonyl (C=O) groups is 1. The molecular weight excluding hydrogens is 250 g/mol. The molecule has 2 rings (SSSR count). The van der Waals surface area contributed by atoms with Gasteiger partial charge in [-0.15, -0.1) is 0 Å². The standard InChI is InChI=1S/C14H18ClNO2/c1-9-5-11(7-12(15)6-9)14(18)16(2)8-13(17)10-3-4-10/h5-7,10,13,17H,3-4,8H2,1-2H3. The van der Waals surface area contributed by atoms with Crippen LogP contribution in [0.4, 0.5) is 0 Å². The number of aryl methyl sites for hydroxylation is 1. The third kappa shape index (κ3) is 3.24. The van der Waals surface area contributed by atoms with Crippen molar-refractivity contribution in [2.24, 2.45) is 5.92 Å². The molecule has 1 aromatic carbocycles. The Labute approximate surface area is 112 Å². The van der Waals surface area contributed by atoms with E-state index in [1.807, 2.05) is 19.1 Å². The van der Waals surface area contributed by atoms with Gasteiger partial charge >= 0.3 is 0 Å². The minimum Gasteiger partial charge on any atom is -0.391 e. The van der Waals surface area contributed by atoms with Gasteiger partial charge in [-0.05, 0) is 49.4 Å². The molecule has 0 bridgehead atoms. The van der Waals surface area contributed by atoms with Gasteiger partial charge in [-0.2, -0.15) is 0 Å². The van der Waals surface area contributed by atoms with Gasteiger partial charge in [0.15, 0.2) is 0 Å². The second-order valence-corrected chi connectivity index (χ2v) is 5.54. The summed E-state index contributed by atoms with van der Waals surface area (Å²) in [6, 6.07) is 5.29. The highest BCUT2D eigenvalue weighted by atomic mass is 35.5. The number of nitrogens with zero attached hydrogens (tertiary/aromatic N) is 1. The second kappa shape index (κ2) is 5.29. The average molecular weight is 268 g/mol. The van der Waals surface area contributed by atoms with Gasteiger partial charge in [0, 0.05) is 24.2 Å². The highest BCUT2D eigenvalue weighted by Gasteiger charge is 2.31. The number of hydrogen-bond acceptors (Lipinski definition) is 2. The fourth-order valence-corrected chi connectivity index (χ4v) is 2.36. The number of benzene rings is 1. The topological polar surface area (TPSA) is 40.5 Å². The van der Waals surface area contributed by atoms with E-state index in [2.05, 4.69) is 0 Å². The summed E-state index contributed by atoms with van der Waals surface area (Å²) in [5.41, 5.74) is 1.53. The van der Waals surface area contributed by atoms with E-state index in [0.717, 1.165) is 18.4 Å². The zero-order chi connectivity index (χ0) is 13.3. The molecule has 1 aliphatic carbocycles. The minimum atomic E-state index is -0.403. The largest absolute Gasteiger partial charge is 0.391 e. The minimum absolute atomic E-state index is 0.0969. The Morgan fingerprint density at radius 2 is 2.17 bits per heavy atom. The van der Waals surface area contributed by atoms with Gasteiger partial charge in [0.1, 0.15) is 0 Å². The number of rotatable bonds is 4. The molecule has 0 aromatic heterocycles. The lowest BCUT2D eigenvalue weighted by atomic mass is 10.1. The number of likely N-dealkylation sites (N-methyl/N-ethyl adjacent to an activating group) is 1. The molecule has 1 unspecified atom stereocenters. The Kier molecular flexibility index (Phi) is 3.93. The lowest BCUT2D eigenvalue weighted by molar-refractivity contribution is 0.0645. The van der Waals surface area contributed by atoms with Gasteiger partial charge < -0.3 is 10.0 Å². The fraction of sp³-hybridized carbons (Fsp3) is 0.500. The Morgan fingerprint density at radius 1 is 1.50 bits per heavy atom. The van der Waals surface area contributed by atoms with Crippen LogP contribution in [0.2, 0.25) is 5.02 Å². The molecular formula is C14H18ClNO2.